The maximum absolute atomic E-state index is 5.66. The molecule has 5 heteroatoms. The van der Waals surface area contributed by atoms with E-state index in [1.54, 1.807) is 11.2 Å². The Morgan fingerprint density at radius 1 is 1.21 bits per heavy atom. The lowest BCUT2D eigenvalue weighted by atomic mass is 10.1. The highest BCUT2D eigenvalue weighted by atomic mass is 32.1. The molecule has 1 aromatic carbocycles. The van der Waals surface area contributed by atoms with E-state index in [4.69, 9.17) is 16.6 Å². The van der Waals surface area contributed by atoms with Crippen LogP contribution < -0.4 is 15.5 Å². The van der Waals surface area contributed by atoms with Gasteiger partial charge in [-0.25, -0.2) is 0 Å². The van der Waals surface area contributed by atoms with Gasteiger partial charge in [0.05, 0.1) is 25.9 Å². The van der Waals surface area contributed by atoms with Crippen molar-refractivity contribution in [3.05, 3.63) is 54.0 Å². The minimum absolute atomic E-state index is 0.310. The fourth-order valence-electron chi connectivity index (χ4n) is 3.31. The van der Waals surface area contributed by atoms with Crippen LogP contribution >= 0.6 is 12.2 Å². The van der Waals surface area contributed by atoms with E-state index in [9.17, 15) is 0 Å². The molecule has 24 heavy (non-hydrogen) atoms. The minimum atomic E-state index is 0.310. The van der Waals surface area contributed by atoms with E-state index < -0.39 is 0 Å². The SMILES string of the molecule is CCc1ccc(NC(=S)NC[C@@H](c2ccco2)[NH+]2CCCC2)cc1. The number of likely N-dealkylation sites (tertiary alicyclic amines) is 1. The Labute approximate surface area is 149 Å². The summed E-state index contributed by atoms with van der Waals surface area (Å²) in [7, 11) is 0. The van der Waals surface area contributed by atoms with Gasteiger partial charge in [0.15, 0.2) is 16.9 Å². The molecule has 0 aliphatic carbocycles. The number of hydrogen-bond acceptors (Lipinski definition) is 2. The summed E-state index contributed by atoms with van der Waals surface area (Å²) >= 11 is 5.46. The van der Waals surface area contributed by atoms with Crippen molar-refractivity contribution in [2.24, 2.45) is 0 Å². The first-order chi connectivity index (χ1) is 11.8. The number of quaternary nitrogens is 1. The lowest BCUT2D eigenvalue weighted by Gasteiger charge is -2.23. The van der Waals surface area contributed by atoms with Crippen molar-refractivity contribution in [1.82, 2.24) is 5.32 Å². The van der Waals surface area contributed by atoms with E-state index in [1.165, 1.54) is 31.5 Å². The molecule has 0 unspecified atom stereocenters. The first-order valence-corrected chi connectivity index (χ1v) is 9.19. The average molecular weight is 345 g/mol. The summed E-state index contributed by atoms with van der Waals surface area (Å²) in [5, 5.41) is 7.29. The summed E-state index contributed by atoms with van der Waals surface area (Å²) < 4.78 is 5.66. The third kappa shape index (κ3) is 4.36. The molecule has 1 fully saturated rings. The number of aryl methyl sites for hydroxylation is 1. The first kappa shape index (κ1) is 17.0. The molecule has 1 aliphatic heterocycles. The topological polar surface area (TPSA) is 41.6 Å². The van der Waals surface area contributed by atoms with E-state index in [0.29, 0.717) is 11.2 Å². The highest BCUT2D eigenvalue weighted by Crippen LogP contribution is 2.12. The van der Waals surface area contributed by atoms with Gasteiger partial charge in [-0.3, -0.25) is 0 Å². The van der Waals surface area contributed by atoms with Crippen molar-refractivity contribution >= 4 is 23.0 Å². The monoisotopic (exact) mass is 344 g/mol. The summed E-state index contributed by atoms with van der Waals surface area (Å²) in [6.07, 6.45) is 5.38. The normalized spacial score (nSPS) is 16.0. The van der Waals surface area contributed by atoms with Gasteiger partial charge in [-0.05, 0) is 48.5 Å². The maximum Gasteiger partial charge on any atom is 0.171 e. The highest BCUT2D eigenvalue weighted by molar-refractivity contribution is 7.80. The largest absolute Gasteiger partial charge is 0.463 e. The third-order valence-corrected chi connectivity index (χ3v) is 4.96. The van der Waals surface area contributed by atoms with Gasteiger partial charge in [0, 0.05) is 18.5 Å². The van der Waals surface area contributed by atoms with Gasteiger partial charge in [-0.1, -0.05) is 19.1 Å². The smallest absolute Gasteiger partial charge is 0.171 e. The second-order valence-corrected chi connectivity index (χ2v) is 6.73. The zero-order valence-corrected chi connectivity index (χ0v) is 15.0. The number of thiocarbonyl (C=S) groups is 1. The van der Waals surface area contributed by atoms with Gasteiger partial charge in [0.25, 0.3) is 0 Å². The lowest BCUT2D eigenvalue weighted by Crippen LogP contribution is -3.11. The van der Waals surface area contributed by atoms with E-state index in [1.807, 2.05) is 6.07 Å². The Hall–Kier alpha value is -1.85. The molecule has 1 saturated heterocycles. The Morgan fingerprint density at radius 2 is 1.96 bits per heavy atom. The summed E-state index contributed by atoms with van der Waals surface area (Å²) in [4.78, 5) is 1.58. The van der Waals surface area contributed by atoms with Crippen LogP contribution in [0.2, 0.25) is 0 Å². The summed E-state index contributed by atoms with van der Waals surface area (Å²) in [6.45, 7) is 5.34. The van der Waals surface area contributed by atoms with Crippen LogP contribution in [0, 0.1) is 0 Å². The fourth-order valence-corrected chi connectivity index (χ4v) is 3.51. The van der Waals surface area contributed by atoms with Crippen LogP contribution in [0.4, 0.5) is 5.69 Å². The number of anilines is 1. The minimum Gasteiger partial charge on any atom is -0.463 e. The van der Waals surface area contributed by atoms with E-state index in [-0.39, 0.29) is 0 Å². The molecule has 0 radical (unpaired) electrons. The molecule has 1 aromatic heterocycles. The Kier molecular flexibility index (Phi) is 5.88. The van der Waals surface area contributed by atoms with E-state index in [2.05, 4.69) is 47.9 Å². The van der Waals surface area contributed by atoms with E-state index >= 15 is 0 Å². The Balaban J connectivity index is 1.56. The molecule has 0 bridgehead atoms. The predicted octanol–water partition coefficient (Wildman–Crippen LogP) is 2.55. The highest BCUT2D eigenvalue weighted by Gasteiger charge is 2.29. The number of benzene rings is 1. The molecule has 0 saturated carbocycles. The average Bonchev–Trinajstić information content (AvgIpc) is 3.30. The van der Waals surface area contributed by atoms with E-state index in [0.717, 1.165) is 24.4 Å². The molecular formula is C19H26N3OS+. The lowest BCUT2D eigenvalue weighted by molar-refractivity contribution is -0.919. The Bertz CT molecular complexity index is 633. The van der Waals surface area contributed by atoms with Crippen molar-refractivity contribution in [3.8, 4) is 0 Å². The second kappa shape index (κ2) is 8.31. The zero-order chi connectivity index (χ0) is 16.8. The third-order valence-electron chi connectivity index (χ3n) is 4.71. The molecule has 0 spiro atoms. The van der Waals surface area contributed by atoms with Crippen LogP contribution in [-0.4, -0.2) is 24.7 Å². The predicted molar refractivity (Wildman–Crippen MR) is 101 cm³/mol. The number of nitrogens with one attached hydrogen (secondary N) is 3. The number of furan rings is 1. The standard InChI is InChI=1S/C19H25N3OS/c1-2-15-7-9-16(10-8-15)21-19(24)20-14-17(18-6-5-13-23-18)22-11-3-4-12-22/h5-10,13,17H,2-4,11-12,14H2,1H3,(H2,20,21,24)/p+1/t17-/m0/s1. The number of hydrogen-bond donors (Lipinski definition) is 3. The van der Waals surface area contributed by atoms with Crippen LogP contribution in [0.15, 0.2) is 47.1 Å². The van der Waals surface area contributed by atoms with Crippen LogP contribution in [-0.2, 0) is 6.42 Å². The van der Waals surface area contributed by atoms with Crippen molar-refractivity contribution in [3.63, 3.8) is 0 Å². The quantitative estimate of drug-likeness (QED) is 0.705. The van der Waals surface area contributed by atoms with Gasteiger partial charge >= 0.3 is 0 Å². The molecule has 1 atom stereocenters. The fraction of sp³-hybridized carbons (Fsp3) is 0.421. The molecule has 3 N–H and O–H groups in total. The van der Waals surface area contributed by atoms with Gasteiger partial charge in [0.2, 0.25) is 0 Å². The molecule has 2 aromatic rings. The molecule has 0 amide bonds. The van der Waals surface area contributed by atoms with Crippen LogP contribution in [0.5, 0.6) is 0 Å². The molecule has 128 valence electrons. The van der Waals surface area contributed by atoms with Crippen LogP contribution in [0.3, 0.4) is 0 Å². The van der Waals surface area contributed by atoms with Gasteiger partial charge in [-0.15, -0.1) is 0 Å². The van der Waals surface area contributed by atoms with Crippen molar-refractivity contribution in [2.45, 2.75) is 32.2 Å². The van der Waals surface area contributed by atoms with Crippen LogP contribution in [0.1, 0.15) is 37.1 Å². The maximum atomic E-state index is 5.66. The van der Waals surface area contributed by atoms with Crippen molar-refractivity contribution < 1.29 is 9.32 Å². The van der Waals surface area contributed by atoms with Gasteiger partial charge in [0.1, 0.15) is 0 Å². The molecule has 4 nitrogen and oxygen atoms in total. The Morgan fingerprint density at radius 3 is 2.58 bits per heavy atom. The summed E-state index contributed by atoms with van der Waals surface area (Å²) in [5.41, 5.74) is 2.35. The van der Waals surface area contributed by atoms with Crippen molar-refractivity contribution in [1.29, 1.82) is 0 Å². The summed E-state index contributed by atoms with van der Waals surface area (Å²) in [5.74, 6) is 1.04. The van der Waals surface area contributed by atoms with Crippen molar-refractivity contribution in [2.75, 3.05) is 25.0 Å². The molecule has 1 aliphatic rings. The molecule has 3 rings (SSSR count). The number of rotatable bonds is 6. The molecular weight excluding hydrogens is 318 g/mol. The van der Waals surface area contributed by atoms with Gasteiger partial charge in [-0.2, -0.15) is 0 Å². The van der Waals surface area contributed by atoms with Gasteiger partial charge < -0.3 is 20.0 Å². The molecule has 2 heterocycles. The van der Waals surface area contributed by atoms with Crippen LogP contribution in [0.25, 0.3) is 0 Å². The summed E-state index contributed by atoms with van der Waals surface area (Å²) in [6, 6.07) is 12.7. The second-order valence-electron chi connectivity index (χ2n) is 6.32. The first-order valence-electron chi connectivity index (χ1n) is 8.78. The zero-order valence-electron chi connectivity index (χ0n) is 14.2.